The number of aromatic amines is 1. The van der Waals surface area contributed by atoms with Crippen LogP contribution in [0.15, 0.2) is 73.4 Å². The number of ether oxygens (including phenoxy) is 1. The molecule has 0 bridgehead atoms. The summed E-state index contributed by atoms with van der Waals surface area (Å²) in [5.74, 6) is 0.934. The number of amides is 1. The maximum atomic E-state index is 12.9. The molecule has 2 N–H and O–H groups in total. The van der Waals surface area contributed by atoms with Crippen molar-refractivity contribution in [2.24, 2.45) is 5.92 Å². The van der Waals surface area contributed by atoms with E-state index in [0.29, 0.717) is 6.61 Å². The lowest BCUT2D eigenvalue weighted by Crippen LogP contribution is -2.40. The third-order valence-corrected chi connectivity index (χ3v) is 5.56. The number of rotatable bonds is 8. The van der Waals surface area contributed by atoms with Crippen molar-refractivity contribution in [2.75, 3.05) is 25.0 Å². The summed E-state index contributed by atoms with van der Waals surface area (Å²) in [7, 11) is 0. The lowest BCUT2D eigenvalue weighted by molar-refractivity contribution is -0.121. The molecule has 6 heteroatoms. The molecule has 160 valence electrons. The number of carbonyl (C=O) groups is 1. The second kappa shape index (κ2) is 10.1. The molecule has 1 saturated heterocycles. The molecule has 0 spiro atoms. The number of carbonyl (C=O) groups excluding carboxylic acids is 1. The Bertz CT molecular complexity index is 999. The predicted molar refractivity (Wildman–Crippen MR) is 123 cm³/mol. The molecule has 1 unspecified atom stereocenters. The summed E-state index contributed by atoms with van der Waals surface area (Å²) in [5.41, 5.74) is 3.95. The largest absolute Gasteiger partial charge is 0.489 e. The third kappa shape index (κ3) is 5.41. The first-order valence-corrected chi connectivity index (χ1v) is 10.7. The van der Waals surface area contributed by atoms with Gasteiger partial charge in [0.05, 0.1) is 11.6 Å². The Morgan fingerprint density at radius 3 is 2.84 bits per heavy atom. The van der Waals surface area contributed by atoms with E-state index in [1.165, 1.54) is 0 Å². The van der Waals surface area contributed by atoms with Gasteiger partial charge in [-0.1, -0.05) is 43.0 Å². The Kier molecular flexibility index (Phi) is 6.79. The summed E-state index contributed by atoms with van der Waals surface area (Å²) in [4.78, 5) is 15.2. The first kappa shape index (κ1) is 20.9. The minimum Gasteiger partial charge on any atom is -0.489 e. The maximum absolute atomic E-state index is 12.9. The smallest absolute Gasteiger partial charge is 0.228 e. The van der Waals surface area contributed by atoms with Crippen molar-refractivity contribution in [3.8, 4) is 17.0 Å². The van der Waals surface area contributed by atoms with Crippen LogP contribution < -0.4 is 10.1 Å². The van der Waals surface area contributed by atoms with Gasteiger partial charge in [0.2, 0.25) is 5.91 Å². The van der Waals surface area contributed by atoms with Gasteiger partial charge in [-0.3, -0.25) is 14.8 Å². The van der Waals surface area contributed by atoms with Crippen molar-refractivity contribution in [3.05, 3.63) is 79.0 Å². The zero-order valence-corrected chi connectivity index (χ0v) is 17.6. The molecule has 0 aliphatic carbocycles. The molecule has 3 aromatic rings. The van der Waals surface area contributed by atoms with Crippen LogP contribution in [0.4, 0.5) is 5.69 Å². The van der Waals surface area contributed by atoms with E-state index >= 15 is 0 Å². The van der Waals surface area contributed by atoms with Crippen LogP contribution in [0, 0.1) is 5.92 Å². The van der Waals surface area contributed by atoms with Crippen molar-refractivity contribution >= 4 is 11.6 Å². The van der Waals surface area contributed by atoms with Gasteiger partial charge in [0, 0.05) is 30.5 Å². The van der Waals surface area contributed by atoms with Gasteiger partial charge in [-0.25, -0.2) is 0 Å². The van der Waals surface area contributed by atoms with Crippen LogP contribution >= 0.6 is 0 Å². The van der Waals surface area contributed by atoms with E-state index in [1.54, 1.807) is 12.3 Å². The number of para-hydroxylation sites is 1. The Balaban J connectivity index is 1.35. The van der Waals surface area contributed by atoms with Crippen molar-refractivity contribution in [1.29, 1.82) is 0 Å². The standard InChI is InChI=1S/C25H28N4O2/c1-2-16-31-24-8-4-3-6-20(24)17-29-15-5-7-21(18-29)25(30)27-22-11-9-19(10-12-22)23-13-14-26-28-23/h2-4,6,8-14,21H,1,5,7,15-18H2,(H,26,28)(H,27,30). The molecular weight excluding hydrogens is 388 g/mol. The van der Waals surface area contributed by atoms with E-state index in [2.05, 4.69) is 33.1 Å². The summed E-state index contributed by atoms with van der Waals surface area (Å²) in [6.07, 6.45) is 5.39. The molecule has 1 fully saturated rings. The van der Waals surface area contributed by atoms with Crippen LogP contribution in [-0.4, -0.2) is 40.7 Å². The van der Waals surface area contributed by atoms with Crippen molar-refractivity contribution in [3.63, 3.8) is 0 Å². The number of benzene rings is 2. The summed E-state index contributed by atoms with van der Waals surface area (Å²) in [5, 5.41) is 10.0. The molecule has 1 aliphatic heterocycles. The van der Waals surface area contributed by atoms with Crippen LogP contribution in [0.25, 0.3) is 11.3 Å². The fourth-order valence-corrected chi connectivity index (χ4v) is 3.97. The molecule has 1 aliphatic rings. The SMILES string of the molecule is C=CCOc1ccccc1CN1CCCC(C(=O)Nc2ccc(-c3ccn[nH]3)cc2)C1. The quantitative estimate of drug-likeness (QED) is 0.531. The lowest BCUT2D eigenvalue weighted by atomic mass is 9.96. The molecule has 6 nitrogen and oxygen atoms in total. The molecule has 0 radical (unpaired) electrons. The van der Waals surface area contributed by atoms with E-state index in [-0.39, 0.29) is 11.8 Å². The van der Waals surface area contributed by atoms with Gasteiger partial charge >= 0.3 is 0 Å². The maximum Gasteiger partial charge on any atom is 0.228 e. The number of hydrogen-bond acceptors (Lipinski definition) is 4. The highest BCUT2D eigenvalue weighted by Gasteiger charge is 2.26. The normalized spacial score (nSPS) is 16.6. The third-order valence-electron chi connectivity index (χ3n) is 5.56. The fraction of sp³-hybridized carbons (Fsp3) is 0.280. The molecule has 2 heterocycles. The molecular formula is C25H28N4O2. The highest BCUT2D eigenvalue weighted by atomic mass is 16.5. The highest BCUT2D eigenvalue weighted by molar-refractivity contribution is 5.93. The Hall–Kier alpha value is -3.38. The monoisotopic (exact) mass is 416 g/mol. The second-order valence-electron chi connectivity index (χ2n) is 7.82. The van der Waals surface area contributed by atoms with Crippen LogP contribution in [-0.2, 0) is 11.3 Å². The number of nitrogens with zero attached hydrogens (tertiary/aromatic N) is 2. The van der Waals surface area contributed by atoms with Gasteiger partial charge < -0.3 is 10.1 Å². The number of hydrogen-bond donors (Lipinski definition) is 2. The second-order valence-corrected chi connectivity index (χ2v) is 7.82. The fourth-order valence-electron chi connectivity index (χ4n) is 3.97. The summed E-state index contributed by atoms with van der Waals surface area (Å²) in [6, 6.07) is 17.8. The minimum atomic E-state index is -0.0257. The predicted octanol–water partition coefficient (Wildman–Crippen LogP) is 4.49. The van der Waals surface area contributed by atoms with E-state index in [0.717, 1.165) is 60.7 Å². The van der Waals surface area contributed by atoms with E-state index < -0.39 is 0 Å². The van der Waals surface area contributed by atoms with Gasteiger partial charge in [0.15, 0.2) is 0 Å². The average molecular weight is 417 g/mol. The van der Waals surface area contributed by atoms with Crippen LogP contribution in [0.1, 0.15) is 18.4 Å². The number of H-pyrrole nitrogens is 1. The Labute approximate surface area is 182 Å². The van der Waals surface area contributed by atoms with Crippen LogP contribution in [0.2, 0.25) is 0 Å². The number of aromatic nitrogens is 2. The first-order chi connectivity index (χ1) is 15.2. The van der Waals surface area contributed by atoms with Gasteiger partial charge in [-0.2, -0.15) is 5.10 Å². The molecule has 1 aromatic heterocycles. The van der Waals surface area contributed by atoms with Crippen molar-refractivity contribution in [1.82, 2.24) is 15.1 Å². The van der Waals surface area contributed by atoms with E-state index in [4.69, 9.17) is 4.74 Å². The van der Waals surface area contributed by atoms with E-state index in [9.17, 15) is 4.79 Å². The number of piperidine rings is 1. The lowest BCUT2D eigenvalue weighted by Gasteiger charge is -2.32. The molecule has 0 saturated carbocycles. The molecule has 4 rings (SSSR count). The molecule has 1 amide bonds. The first-order valence-electron chi connectivity index (χ1n) is 10.7. The highest BCUT2D eigenvalue weighted by Crippen LogP contribution is 2.25. The van der Waals surface area contributed by atoms with E-state index in [1.807, 2.05) is 48.5 Å². The Morgan fingerprint density at radius 1 is 1.23 bits per heavy atom. The van der Waals surface area contributed by atoms with Gasteiger partial charge in [0.25, 0.3) is 0 Å². The summed E-state index contributed by atoms with van der Waals surface area (Å²) >= 11 is 0. The molecule has 31 heavy (non-hydrogen) atoms. The zero-order valence-electron chi connectivity index (χ0n) is 17.6. The van der Waals surface area contributed by atoms with Gasteiger partial charge in [0.1, 0.15) is 12.4 Å². The topological polar surface area (TPSA) is 70.2 Å². The average Bonchev–Trinajstić information content (AvgIpc) is 3.34. The number of anilines is 1. The van der Waals surface area contributed by atoms with Crippen LogP contribution in [0.5, 0.6) is 5.75 Å². The number of likely N-dealkylation sites (tertiary alicyclic amines) is 1. The van der Waals surface area contributed by atoms with Crippen molar-refractivity contribution < 1.29 is 9.53 Å². The molecule has 2 aromatic carbocycles. The summed E-state index contributed by atoms with van der Waals surface area (Å²) < 4.78 is 5.79. The van der Waals surface area contributed by atoms with Gasteiger partial charge in [-0.15, -0.1) is 0 Å². The van der Waals surface area contributed by atoms with Crippen molar-refractivity contribution in [2.45, 2.75) is 19.4 Å². The minimum absolute atomic E-state index is 0.0257. The molecule has 1 atom stereocenters. The summed E-state index contributed by atoms with van der Waals surface area (Å²) in [6.45, 7) is 6.71. The zero-order chi connectivity index (χ0) is 21.5. The number of nitrogens with one attached hydrogen (secondary N) is 2. The van der Waals surface area contributed by atoms with Crippen LogP contribution in [0.3, 0.4) is 0 Å². The Morgan fingerprint density at radius 2 is 2.06 bits per heavy atom. The van der Waals surface area contributed by atoms with Gasteiger partial charge in [-0.05, 0) is 49.2 Å².